The largest absolute Gasteiger partial charge is 0.520 e. The number of ether oxygens (including phenoxy) is 3. The van der Waals surface area contributed by atoms with Crippen LogP contribution >= 0.6 is 11.6 Å². The van der Waals surface area contributed by atoms with Crippen molar-refractivity contribution in [2.75, 3.05) is 19.8 Å². The number of carbonyl (C=O) groups is 4. The van der Waals surface area contributed by atoms with E-state index < -0.39 is 109 Å². The maximum absolute atomic E-state index is 15.2. The molecule has 0 spiro atoms. The van der Waals surface area contributed by atoms with Gasteiger partial charge in [0.25, 0.3) is 5.91 Å². The van der Waals surface area contributed by atoms with Crippen LogP contribution in [-0.2, 0) is 36.5 Å². The summed E-state index contributed by atoms with van der Waals surface area (Å²) in [4.78, 5) is 61.9. The van der Waals surface area contributed by atoms with Gasteiger partial charge in [0.15, 0.2) is 12.2 Å². The predicted molar refractivity (Wildman–Crippen MR) is 171 cm³/mol. The molecule has 2 fully saturated rings. The number of nitrogens with zero attached hydrogens (tertiary/aromatic N) is 4. The van der Waals surface area contributed by atoms with Crippen molar-refractivity contribution in [1.82, 2.24) is 20.2 Å². The van der Waals surface area contributed by atoms with Gasteiger partial charge in [-0.3, -0.25) is 19.7 Å². The zero-order valence-corrected chi connectivity index (χ0v) is 29.6. The van der Waals surface area contributed by atoms with Gasteiger partial charge in [-0.25, -0.2) is 18.4 Å². The number of rotatable bonds is 7. The number of esters is 1. The van der Waals surface area contributed by atoms with Crippen molar-refractivity contribution in [3.8, 4) is 11.1 Å². The molecule has 0 aromatic carbocycles. The number of carbonyl (C=O) groups excluding carboxylic acids is 4. The number of quaternary nitrogens is 1. The van der Waals surface area contributed by atoms with E-state index in [2.05, 4.69) is 15.3 Å². The highest BCUT2D eigenvalue weighted by molar-refractivity contribution is 6.33. The monoisotopic (exact) mass is 748 g/mol. The molecule has 18 heteroatoms. The molecule has 0 radical (unpaired) electrons. The van der Waals surface area contributed by atoms with Gasteiger partial charge >= 0.3 is 24.3 Å². The average Bonchev–Trinajstić information content (AvgIpc) is 3.57. The Morgan fingerprint density at radius 2 is 1.63 bits per heavy atom. The Kier molecular flexibility index (Phi) is 11.6. The molecular weight excluding hydrogens is 709 g/mol. The van der Waals surface area contributed by atoms with Crippen molar-refractivity contribution in [3.05, 3.63) is 47.0 Å². The molecule has 2 aliphatic heterocycles. The number of alkyl halides is 5. The van der Waals surface area contributed by atoms with Gasteiger partial charge in [-0.15, -0.1) is 0 Å². The predicted octanol–water partition coefficient (Wildman–Crippen LogP) is 6.14. The van der Waals surface area contributed by atoms with Crippen molar-refractivity contribution < 1.29 is 59.8 Å². The number of nitrogens with one attached hydrogen (secondary N) is 1. The van der Waals surface area contributed by atoms with Gasteiger partial charge in [0.05, 0.1) is 23.8 Å². The molecule has 12 nitrogen and oxygen atoms in total. The van der Waals surface area contributed by atoms with Crippen LogP contribution in [0.5, 0.6) is 0 Å². The molecule has 2 aliphatic rings. The molecular formula is C33H40ClF5N5O7+. The molecule has 51 heavy (non-hydrogen) atoms. The van der Waals surface area contributed by atoms with Crippen LogP contribution in [0.25, 0.3) is 11.1 Å². The fourth-order valence-corrected chi connectivity index (χ4v) is 5.91. The average molecular weight is 749 g/mol. The van der Waals surface area contributed by atoms with Gasteiger partial charge in [-0.1, -0.05) is 17.7 Å². The molecule has 0 aliphatic carbocycles. The van der Waals surface area contributed by atoms with Crippen molar-refractivity contribution >= 4 is 35.7 Å². The van der Waals surface area contributed by atoms with Crippen molar-refractivity contribution in [3.63, 3.8) is 0 Å². The SMILES string of the molecule is CC(C)(C)OC(=O)N1CC(F)CC1C(=O)OC[N+]1(C(=O)OC(C)(C)C)CC(F)CC1C(=O)NCc1cc(-c2ccc(C(F)(F)F)nc2)c(Cl)cn1. The van der Waals surface area contributed by atoms with E-state index in [9.17, 15) is 36.7 Å². The lowest BCUT2D eigenvalue weighted by Gasteiger charge is -2.36. The third-order valence-electron chi connectivity index (χ3n) is 7.97. The first kappa shape index (κ1) is 39.7. The Morgan fingerprint density at radius 3 is 2.22 bits per heavy atom. The smallest absolute Gasteiger partial charge is 0.444 e. The van der Waals surface area contributed by atoms with E-state index in [1.807, 2.05) is 0 Å². The quantitative estimate of drug-likeness (QED) is 0.153. The fourth-order valence-electron chi connectivity index (χ4n) is 5.70. The number of aromatic nitrogens is 2. The summed E-state index contributed by atoms with van der Waals surface area (Å²) in [5.74, 6) is -1.91. The van der Waals surface area contributed by atoms with Crippen LogP contribution in [-0.4, -0.2) is 98.9 Å². The normalized spacial score (nSPS) is 23.9. The molecule has 2 aromatic rings. The highest BCUT2D eigenvalue weighted by Crippen LogP contribution is 2.35. The van der Waals surface area contributed by atoms with E-state index in [1.165, 1.54) is 18.3 Å². The van der Waals surface area contributed by atoms with Crippen LogP contribution in [0, 0.1) is 0 Å². The molecule has 4 heterocycles. The first-order valence-corrected chi connectivity index (χ1v) is 16.4. The highest BCUT2D eigenvalue weighted by Gasteiger charge is 2.59. The minimum absolute atomic E-state index is 0.0942. The number of hydrogen-bond donors (Lipinski definition) is 1. The Labute approximate surface area is 296 Å². The molecule has 3 amide bonds. The minimum atomic E-state index is -4.64. The molecule has 2 aromatic heterocycles. The molecule has 0 bridgehead atoms. The van der Waals surface area contributed by atoms with E-state index in [4.69, 9.17) is 25.8 Å². The van der Waals surface area contributed by atoms with Crippen LogP contribution in [0.15, 0.2) is 30.6 Å². The van der Waals surface area contributed by atoms with E-state index in [0.29, 0.717) is 0 Å². The van der Waals surface area contributed by atoms with E-state index in [0.717, 1.165) is 17.2 Å². The second-order valence-electron chi connectivity index (χ2n) is 14.4. The van der Waals surface area contributed by atoms with Crippen LogP contribution in [0.2, 0.25) is 5.02 Å². The first-order valence-electron chi connectivity index (χ1n) is 16.0. The lowest BCUT2D eigenvalue weighted by molar-refractivity contribution is -0.879. The Hall–Kier alpha value is -4.12. The fraction of sp³-hybridized carbons (Fsp3) is 0.576. The summed E-state index contributed by atoms with van der Waals surface area (Å²) in [5, 5.41) is 2.69. The summed E-state index contributed by atoms with van der Waals surface area (Å²) in [5.41, 5.74) is -2.41. The highest BCUT2D eigenvalue weighted by atomic mass is 35.5. The lowest BCUT2D eigenvalue weighted by Crippen LogP contribution is -2.63. The number of pyridine rings is 2. The number of hydrogen-bond acceptors (Lipinski definition) is 9. The summed E-state index contributed by atoms with van der Waals surface area (Å²) in [6.07, 6.45) is -8.57. The van der Waals surface area contributed by atoms with E-state index in [-0.39, 0.29) is 28.4 Å². The minimum Gasteiger partial charge on any atom is -0.444 e. The zero-order chi connectivity index (χ0) is 38.1. The van der Waals surface area contributed by atoms with Gasteiger partial charge in [-0.05, 0) is 53.7 Å². The van der Waals surface area contributed by atoms with Crippen molar-refractivity contribution in [2.24, 2.45) is 0 Å². The zero-order valence-electron chi connectivity index (χ0n) is 28.9. The molecule has 5 atom stereocenters. The van der Waals surface area contributed by atoms with Crippen molar-refractivity contribution in [2.45, 2.75) is 103 Å². The Balaban J connectivity index is 1.55. The van der Waals surface area contributed by atoms with Gasteiger partial charge in [0.1, 0.15) is 35.7 Å². The van der Waals surface area contributed by atoms with Gasteiger partial charge in [0, 0.05) is 36.4 Å². The van der Waals surface area contributed by atoms with Gasteiger partial charge in [0.2, 0.25) is 6.73 Å². The van der Waals surface area contributed by atoms with Crippen LogP contribution in [0.1, 0.15) is 65.8 Å². The molecule has 1 N–H and O–H groups in total. The second-order valence-corrected chi connectivity index (χ2v) is 14.8. The standard InChI is InChI=1S/C33H39ClF5N5O7/c1-31(2,3)50-29(47)43-15-19(35)9-24(43)28(46)49-17-44(30(48)51-32(4,5)6)16-20(36)10-25(44)27(45)42-13-21-11-22(23(34)14-40-21)18-7-8-26(41-12-18)33(37,38)39/h7-8,11-12,14,19-20,24-25H,9-10,13,15-17H2,1-6H3/p+1. The van der Waals surface area contributed by atoms with Gasteiger partial charge in [-0.2, -0.15) is 22.4 Å². The summed E-state index contributed by atoms with van der Waals surface area (Å²) < 4.78 is 83.9. The van der Waals surface area contributed by atoms with Crippen LogP contribution in [0.3, 0.4) is 0 Å². The third-order valence-corrected chi connectivity index (χ3v) is 8.27. The van der Waals surface area contributed by atoms with Gasteiger partial charge < -0.3 is 19.5 Å². The van der Waals surface area contributed by atoms with E-state index in [1.54, 1.807) is 41.5 Å². The van der Waals surface area contributed by atoms with Crippen LogP contribution in [0.4, 0.5) is 31.5 Å². The summed E-state index contributed by atoms with van der Waals surface area (Å²) in [7, 11) is 0. The lowest BCUT2D eigenvalue weighted by atomic mass is 10.1. The molecule has 280 valence electrons. The number of likely N-dealkylation sites (tertiary alicyclic amines) is 2. The number of amides is 3. The maximum Gasteiger partial charge on any atom is 0.520 e. The molecule has 0 saturated carbocycles. The third kappa shape index (κ3) is 9.81. The van der Waals surface area contributed by atoms with Crippen LogP contribution < -0.4 is 5.32 Å². The number of halogens is 6. The first-order chi connectivity index (χ1) is 23.5. The molecule has 5 unspecified atom stereocenters. The van der Waals surface area contributed by atoms with Crippen molar-refractivity contribution in [1.29, 1.82) is 0 Å². The maximum atomic E-state index is 15.2. The summed E-state index contributed by atoms with van der Waals surface area (Å²) >= 11 is 6.25. The summed E-state index contributed by atoms with van der Waals surface area (Å²) in [6, 6.07) is 0.523. The molecule has 2 saturated heterocycles. The molecule has 4 rings (SSSR count). The summed E-state index contributed by atoms with van der Waals surface area (Å²) in [6.45, 7) is 7.28. The Bertz CT molecular complexity index is 1630. The Morgan fingerprint density at radius 1 is 0.961 bits per heavy atom. The second kappa shape index (κ2) is 14.9. The topological polar surface area (TPSA) is 137 Å². The van der Waals surface area contributed by atoms with E-state index >= 15 is 4.39 Å².